The van der Waals surface area contributed by atoms with E-state index in [1.165, 1.54) is 0 Å². The average molecular weight is 240 g/mol. The highest BCUT2D eigenvalue weighted by molar-refractivity contribution is 5.56. The van der Waals surface area contributed by atoms with Gasteiger partial charge in [-0.15, -0.1) is 0 Å². The zero-order valence-corrected chi connectivity index (χ0v) is 9.77. The van der Waals surface area contributed by atoms with Crippen LogP contribution in [0.3, 0.4) is 0 Å². The third-order valence-corrected chi connectivity index (χ3v) is 2.09. The Labute approximate surface area is 105 Å². The Morgan fingerprint density at radius 2 is 1.67 bits per heavy atom. The number of nitrogens with one attached hydrogen (secondary N) is 2. The molecule has 1 aromatic heterocycles. The van der Waals surface area contributed by atoms with Crippen molar-refractivity contribution in [2.75, 3.05) is 23.7 Å². The van der Waals surface area contributed by atoms with Gasteiger partial charge in [-0.05, 0) is 12.1 Å². The first-order valence-corrected chi connectivity index (χ1v) is 5.44. The van der Waals surface area contributed by atoms with Crippen LogP contribution in [0.2, 0.25) is 0 Å². The number of nitrogens with zero attached hydrogens (tertiary/aromatic N) is 4. The van der Waals surface area contributed by atoms with Gasteiger partial charge in [0.1, 0.15) is 17.7 Å². The molecule has 0 saturated carbocycles. The van der Waals surface area contributed by atoms with E-state index in [1.807, 2.05) is 18.2 Å². The van der Waals surface area contributed by atoms with Crippen LogP contribution in [0.4, 0.5) is 11.6 Å². The summed E-state index contributed by atoms with van der Waals surface area (Å²) in [6, 6.07) is 9.39. The zero-order chi connectivity index (χ0) is 13.2. The van der Waals surface area contributed by atoms with Gasteiger partial charge in [0.15, 0.2) is 0 Å². The van der Waals surface area contributed by atoms with E-state index in [-0.39, 0.29) is 0 Å². The lowest BCUT2D eigenvalue weighted by molar-refractivity contribution is 1.03. The standard InChI is InChI=1S/C12H12N6/c13-5-1-7-16-11-4-3-10(9-15)12(18-11)17-8-2-6-14/h3-4H,1-2,7-8H2,(H2,16,17,18). The molecule has 0 aliphatic rings. The number of anilines is 2. The van der Waals surface area contributed by atoms with Crippen molar-refractivity contribution in [3.63, 3.8) is 0 Å². The molecule has 0 atom stereocenters. The van der Waals surface area contributed by atoms with E-state index in [9.17, 15) is 0 Å². The van der Waals surface area contributed by atoms with E-state index in [0.717, 1.165) is 0 Å². The number of nitriles is 3. The predicted octanol–water partition coefficient (Wildman–Crippen LogP) is 1.60. The van der Waals surface area contributed by atoms with Crippen molar-refractivity contribution in [1.29, 1.82) is 15.8 Å². The van der Waals surface area contributed by atoms with Gasteiger partial charge in [-0.1, -0.05) is 0 Å². The topological polar surface area (TPSA) is 108 Å². The van der Waals surface area contributed by atoms with Crippen molar-refractivity contribution in [3.8, 4) is 18.2 Å². The molecule has 0 radical (unpaired) electrons. The summed E-state index contributed by atoms with van der Waals surface area (Å²) in [6.07, 6.45) is 0.734. The zero-order valence-electron chi connectivity index (χ0n) is 9.77. The molecule has 6 heteroatoms. The minimum absolute atomic E-state index is 0.346. The Balaban J connectivity index is 2.73. The number of rotatable bonds is 6. The summed E-state index contributed by atoms with van der Waals surface area (Å²) in [5, 5.41) is 31.7. The molecule has 1 rings (SSSR count). The summed E-state index contributed by atoms with van der Waals surface area (Å²) in [5.74, 6) is 1.05. The quantitative estimate of drug-likeness (QED) is 0.731. The Kier molecular flexibility index (Phi) is 5.53. The van der Waals surface area contributed by atoms with E-state index in [1.54, 1.807) is 12.1 Å². The van der Waals surface area contributed by atoms with Crippen molar-refractivity contribution in [3.05, 3.63) is 17.7 Å². The highest BCUT2D eigenvalue weighted by Gasteiger charge is 2.04. The smallest absolute Gasteiger partial charge is 0.146 e. The summed E-state index contributed by atoms with van der Waals surface area (Å²) >= 11 is 0. The predicted molar refractivity (Wildman–Crippen MR) is 66.4 cm³/mol. The molecule has 90 valence electrons. The maximum Gasteiger partial charge on any atom is 0.146 e. The molecule has 0 aromatic carbocycles. The van der Waals surface area contributed by atoms with Gasteiger partial charge in [0.05, 0.1) is 30.5 Å². The van der Waals surface area contributed by atoms with Gasteiger partial charge in [0, 0.05) is 13.1 Å². The Bertz CT molecular complexity index is 517. The minimum Gasteiger partial charge on any atom is -0.369 e. The summed E-state index contributed by atoms with van der Waals surface area (Å²) in [6.45, 7) is 0.951. The number of aromatic nitrogens is 1. The van der Waals surface area contributed by atoms with Gasteiger partial charge in [0.25, 0.3) is 0 Å². The average Bonchev–Trinajstić information content (AvgIpc) is 2.40. The number of hydrogen-bond acceptors (Lipinski definition) is 6. The van der Waals surface area contributed by atoms with Crippen molar-refractivity contribution in [1.82, 2.24) is 4.98 Å². The molecule has 0 spiro atoms. The first kappa shape index (κ1) is 13.3. The van der Waals surface area contributed by atoms with E-state index in [0.29, 0.717) is 43.1 Å². The van der Waals surface area contributed by atoms with E-state index >= 15 is 0 Å². The van der Waals surface area contributed by atoms with Crippen LogP contribution in [0.5, 0.6) is 0 Å². The molecule has 2 N–H and O–H groups in total. The van der Waals surface area contributed by atoms with Gasteiger partial charge >= 0.3 is 0 Å². The van der Waals surface area contributed by atoms with Crippen molar-refractivity contribution in [2.24, 2.45) is 0 Å². The van der Waals surface area contributed by atoms with Crippen molar-refractivity contribution in [2.45, 2.75) is 12.8 Å². The first-order valence-electron chi connectivity index (χ1n) is 5.44. The molecule has 0 unspecified atom stereocenters. The molecule has 1 heterocycles. The molecule has 18 heavy (non-hydrogen) atoms. The fourth-order valence-corrected chi connectivity index (χ4v) is 1.27. The Morgan fingerprint density at radius 1 is 1.00 bits per heavy atom. The lowest BCUT2D eigenvalue weighted by Crippen LogP contribution is -2.08. The number of hydrogen-bond donors (Lipinski definition) is 2. The van der Waals surface area contributed by atoms with E-state index in [2.05, 4.69) is 15.6 Å². The second-order valence-corrected chi connectivity index (χ2v) is 3.37. The van der Waals surface area contributed by atoms with Gasteiger partial charge in [-0.3, -0.25) is 0 Å². The summed E-state index contributed by atoms with van der Waals surface area (Å²) in [4.78, 5) is 4.22. The van der Waals surface area contributed by atoms with Crippen LogP contribution in [-0.2, 0) is 0 Å². The van der Waals surface area contributed by atoms with E-state index in [4.69, 9.17) is 15.8 Å². The monoisotopic (exact) mass is 240 g/mol. The van der Waals surface area contributed by atoms with Crippen LogP contribution in [0, 0.1) is 34.0 Å². The molecule has 0 amide bonds. The van der Waals surface area contributed by atoms with Crippen LogP contribution in [-0.4, -0.2) is 18.1 Å². The molecular formula is C12H12N6. The second kappa shape index (κ2) is 7.49. The normalized spacial score (nSPS) is 8.72. The van der Waals surface area contributed by atoms with Gasteiger partial charge in [0.2, 0.25) is 0 Å². The fraction of sp³-hybridized carbons (Fsp3) is 0.333. The van der Waals surface area contributed by atoms with Crippen molar-refractivity contribution >= 4 is 11.6 Å². The SMILES string of the molecule is N#CCCNc1ccc(C#N)c(NCCC#N)n1. The Hall–Kier alpha value is -2.78. The highest BCUT2D eigenvalue weighted by atomic mass is 15.1. The molecule has 0 saturated heterocycles. The van der Waals surface area contributed by atoms with Crippen LogP contribution in [0.1, 0.15) is 18.4 Å². The second-order valence-electron chi connectivity index (χ2n) is 3.37. The summed E-state index contributed by atoms with van der Waals surface area (Å²) in [5.41, 5.74) is 0.429. The molecule has 0 aliphatic carbocycles. The molecule has 0 fully saturated rings. The van der Waals surface area contributed by atoms with Crippen molar-refractivity contribution < 1.29 is 0 Å². The number of pyridine rings is 1. The maximum absolute atomic E-state index is 8.92. The summed E-state index contributed by atoms with van der Waals surface area (Å²) in [7, 11) is 0. The van der Waals surface area contributed by atoms with Crippen LogP contribution in [0.25, 0.3) is 0 Å². The fourth-order valence-electron chi connectivity index (χ4n) is 1.27. The highest BCUT2D eigenvalue weighted by Crippen LogP contribution is 2.15. The molecule has 0 aliphatic heterocycles. The van der Waals surface area contributed by atoms with E-state index < -0.39 is 0 Å². The largest absolute Gasteiger partial charge is 0.369 e. The van der Waals surface area contributed by atoms with Gasteiger partial charge in [-0.2, -0.15) is 15.8 Å². The maximum atomic E-state index is 8.92. The van der Waals surface area contributed by atoms with Gasteiger partial charge in [-0.25, -0.2) is 4.98 Å². The molecule has 6 nitrogen and oxygen atoms in total. The first-order chi connectivity index (χ1) is 8.81. The van der Waals surface area contributed by atoms with Crippen LogP contribution >= 0.6 is 0 Å². The minimum atomic E-state index is 0.346. The lowest BCUT2D eigenvalue weighted by Gasteiger charge is -2.08. The summed E-state index contributed by atoms with van der Waals surface area (Å²) < 4.78 is 0. The van der Waals surface area contributed by atoms with Crippen LogP contribution in [0.15, 0.2) is 12.1 Å². The lowest BCUT2D eigenvalue weighted by atomic mass is 10.2. The molecule has 0 bridgehead atoms. The third kappa shape index (κ3) is 4.00. The van der Waals surface area contributed by atoms with Gasteiger partial charge < -0.3 is 10.6 Å². The Morgan fingerprint density at radius 3 is 2.28 bits per heavy atom. The molecule has 1 aromatic rings. The third-order valence-electron chi connectivity index (χ3n) is 2.09. The molecular weight excluding hydrogens is 228 g/mol. The van der Waals surface area contributed by atoms with Crippen LogP contribution < -0.4 is 10.6 Å².